The fourth-order valence-corrected chi connectivity index (χ4v) is 2.70. The van der Waals surface area contributed by atoms with Crippen molar-refractivity contribution in [2.24, 2.45) is 5.92 Å². The monoisotopic (exact) mass is 325 g/mol. The zero-order valence-electron chi connectivity index (χ0n) is 11.7. The van der Waals surface area contributed by atoms with Crippen LogP contribution in [-0.2, 0) is 16.4 Å². The van der Waals surface area contributed by atoms with Crippen molar-refractivity contribution in [1.82, 2.24) is 4.72 Å². The SMILES string of the molecule is CC(C)Cc1ccc(S(=O)(=O)NCC(O)C(F)(F)F)cc1. The van der Waals surface area contributed by atoms with Gasteiger partial charge in [-0.25, -0.2) is 13.1 Å². The highest BCUT2D eigenvalue weighted by Gasteiger charge is 2.38. The van der Waals surface area contributed by atoms with Gasteiger partial charge in [0.2, 0.25) is 10.0 Å². The third-order valence-electron chi connectivity index (χ3n) is 2.72. The molecule has 0 aliphatic carbocycles. The van der Waals surface area contributed by atoms with Gasteiger partial charge in [0.15, 0.2) is 6.10 Å². The van der Waals surface area contributed by atoms with Gasteiger partial charge in [-0.2, -0.15) is 13.2 Å². The highest BCUT2D eigenvalue weighted by Crippen LogP contribution is 2.20. The molecule has 0 fully saturated rings. The lowest BCUT2D eigenvalue weighted by molar-refractivity contribution is -0.200. The zero-order chi connectivity index (χ0) is 16.3. The Bertz CT molecular complexity index is 553. The molecule has 1 aromatic carbocycles. The van der Waals surface area contributed by atoms with Crippen LogP contribution in [0.15, 0.2) is 29.2 Å². The Kier molecular flexibility index (Phi) is 5.77. The van der Waals surface area contributed by atoms with Gasteiger partial charge in [-0.3, -0.25) is 0 Å². The molecule has 0 aliphatic heterocycles. The summed E-state index contributed by atoms with van der Waals surface area (Å²) in [4.78, 5) is -0.135. The van der Waals surface area contributed by atoms with E-state index in [1.54, 1.807) is 16.9 Å². The molecule has 0 radical (unpaired) electrons. The molecule has 120 valence electrons. The van der Waals surface area contributed by atoms with Crippen LogP contribution >= 0.6 is 0 Å². The molecule has 1 atom stereocenters. The number of aliphatic hydroxyl groups is 1. The van der Waals surface area contributed by atoms with Crippen LogP contribution in [-0.4, -0.2) is 32.3 Å². The van der Waals surface area contributed by atoms with E-state index in [1.165, 1.54) is 12.1 Å². The number of halogens is 3. The van der Waals surface area contributed by atoms with E-state index in [-0.39, 0.29) is 4.90 Å². The van der Waals surface area contributed by atoms with Gasteiger partial charge < -0.3 is 5.11 Å². The predicted molar refractivity (Wildman–Crippen MR) is 72.2 cm³/mol. The number of rotatable bonds is 6. The Morgan fingerprint density at radius 3 is 2.14 bits per heavy atom. The second kappa shape index (κ2) is 6.76. The van der Waals surface area contributed by atoms with E-state index >= 15 is 0 Å². The average Bonchev–Trinajstić information content (AvgIpc) is 2.34. The van der Waals surface area contributed by atoms with Crippen molar-refractivity contribution >= 4 is 10.0 Å². The van der Waals surface area contributed by atoms with Gasteiger partial charge >= 0.3 is 6.18 Å². The molecule has 0 heterocycles. The van der Waals surface area contributed by atoms with Gasteiger partial charge in [-0.15, -0.1) is 0 Å². The van der Waals surface area contributed by atoms with Gasteiger partial charge in [0, 0.05) is 6.54 Å². The molecule has 1 rings (SSSR count). The normalized spacial score (nSPS) is 14.4. The molecule has 4 nitrogen and oxygen atoms in total. The first-order valence-corrected chi connectivity index (χ1v) is 7.84. The molecular weight excluding hydrogens is 307 g/mol. The van der Waals surface area contributed by atoms with Crippen molar-refractivity contribution in [3.63, 3.8) is 0 Å². The lowest BCUT2D eigenvalue weighted by Crippen LogP contribution is -2.40. The second-order valence-corrected chi connectivity index (χ2v) is 6.92. The van der Waals surface area contributed by atoms with Gasteiger partial charge in [-0.1, -0.05) is 26.0 Å². The summed E-state index contributed by atoms with van der Waals surface area (Å²) < 4.78 is 61.7. The van der Waals surface area contributed by atoms with Gasteiger partial charge in [-0.05, 0) is 30.0 Å². The predicted octanol–water partition coefficient (Wildman–Crippen LogP) is 2.09. The summed E-state index contributed by atoms with van der Waals surface area (Å²) in [5.41, 5.74) is 0.944. The third-order valence-corrected chi connectivity index (χ3v) is 4.16. The maximum Gasteiger partial charge on any atom is 0.415 e. The molecule has 1 unspecified atom stereocenters. The fraction of sp³-hybridized carbons (Fsp3) is 0.538. The van der Waals surface area contributed by atoms with Crippen LogP contribution in [0.1, 0.15) is 19.4 Å². The third kappa shape index (κ3) is 5.64. The van der Waals surface area contributed by atoms with Crippen molar-refractivity contribution in [2.45, 2.75) is 37.4 Å². The van der Waals surface area contributed by atoms with Crippen LogP contribution in [0, 0.1) is 5.92 Å². The Balaban J connectivity index is 2.75. The van der Waals surface area contributed by atoms with E-state index in [2.05, 4.69) is 0 Å². The van der Waals surface area contributed by atoms with Crippen LogP contribution in [0.2, 0.25) is 0 Å². The summed E-state index contributed by atoms with van der Waals surface area (Å²) in [6, 6.07) is 5.91. The minimum absolute atomic E-state index is 0.135. The number of alkyl halides is 3. The van der Waals surface area contributed by atoms with Crippen LogP contribution in [0.4, 0.5) is 13.2 Å². The molecule has 0 spiro atoms. The Morgan fingerprint density at radius 2 is 1.71 bits per heavy atom. The smallest absolute Gasteiger partial charge is 0.382 e. The topological polar surface area (TPSA) is 66.4 Å². The maximum absolute atomic E-state index is 12.1. The molecule has 0 saturated carbocycles. The minimum atomic E-state index is -4.86. The molecule has 2 N–H and O–H groups in total. The first-order chi connectivity index (χ1) is 9.52. The van der Waals surface area contributed by atoms with E-state index in [1.807, 2.05) is 13.8 Å². The summed E-state index contributed by atoms with van der Waals surface area (Å²) in [7, 11) is -4.07. The van der Waals surface area contributed by atoms with E-state index < -0.39 is 28.8 Å². The van der Waals surface area contributed by atoms with Crippen LogP contribution < -0.4 is 4.72 Å². The second-order valence-electron chi connectivity index (χ2n) is 5.15. The highest BCUT2D eigenvalue weighted by atomic mass is 32.2. The van der Waals surface area contributed by atoms with Crippen molar-refractivity contribution < 1.29 is 26.7 Å². The number of aliphatic hydroxyl groups excluding tert-OH is 1. The summed E-state index contributed by atoms with van der Waals surface area (Å²) in [6.45, 7) is 2.93. The molecule has 21 heavy (non-hydrogen) atoms. The van der Waals surface area contributed by atoms with Gasteiger partial charge in [0.25, 0.3) is 0 Å². The minimum Gasteiger partial charge on any atom is -0.382 e. The standard InChI is InChI=1S/C13H18F3NO3S/c1-9(2)7-10-3-5-11(6-4-10)21(19,20)17-8-12(18)13(14,15)16/h3-6,9,12,17-18H,7-8H2,1-2H3. The number of sulfonamides is 1. The van der Waals surface area contributed by atoms with E-state index in [4.69, 9.17) is 5.11 Å². The molecule has 0 aromatic heterocycles. The maximum atomic E-state index is 12.1. The molecule has 8 heteroatoms. The molecule has 0 saturated heterocycles. The van der Waals surface area contributed by atoms with Crippen LogP contribution in [0.25, 0.3) is 0 Å². The van der Waals surface area contributed by atoms with Crippen LogP contribution in [0.3, 0.4) is 0 Å². The van der Waals surface area contributed by atoms with Crippen molar-refractivity contribution in [3.05, 3.63) is 29.8 Å². The Labute approximate surface area is 122 Å². The summed E-state index contributed by atoms with van der Waals surface area (Å²) in [6.07, 6.45) is -6.81. The first-order valence-electron chi connectivity index (χ1n) is 6.36. The quantitative estimate of drug-likeness (QED) is 0.842. The zero-order valence-corrected chi connectivity index (χ0v) is 12.5. The summed E-state index contributed by atoms with van der Waals surface area (Å²) in [5, 5.41) is 8.79. The van der Waals surface area contributed by atoms with Crippen molar-refractivity contribution in [1.29, 1.82) is 0 Å². The molecular formula is C13H18F3NO3S. The average molecular weight is 325 g/mol. The van der Waals surface area contributed by atoms with Crippen LogP contribution in [0.5, 0.6) is 0 Å². The molecule has 1 aromatic rings. The van der Waals surface area contributed by atoms with E-state index in [9.17, 15) is 21.6 Å². The number of benzene rings is 1. The van der Waals surface area contributed by atoms with Crippen molar-refractivity contribution in [2.75, 3.05) is 6.54 Å². The summed E-state index contributed by atoms with van der Waals surface area (Å²) >= 11 is 0. The highest BCUT2D eigenvalue weighted by molar-refractivity contribution is 7.89. The summed E-state index contributed by atoms with van der Waals surface area (Å²) in [5.74, 6) is 0.410. The lowest BCUT2D eigenvalue weighted by Gasteiger charge is -2.15. The Morgan fingerprint density at radius 1 is 1.19 bits per heavy atom. The molecule has 0 amide bonds. The first kappa shape index (κ1) is 17.9. The van der Waals surface area contributed by atoms with Gasteiger partial charge in [0.1, 0.15) is 0 Å². The van der Waals surface area contributed by atoms with Crippen molar-refractivity contribution in [3.8, 4) is 0 Å². The number of hydrogen-bond donors (Lipinski definition) is 2. The Hall–Kier alpha value is -1.12. The molecule has 0 bridgehead atoms. The molecule has 0 aliphatic rings. The number of hydrogen-bond acceptors (Lipinski definition) is 3. The van der Waals surface area contributed by atoms with E-state index in [0.717, 1.165) is 12.0 Å². The fourth-order valence-electron chi connectivity index (χ4n) is 1.66. The number of nitrogens with one attached hydrogen (secondary N) is 1. The van der Waals surface area contributed by atoms with E-state index in [0.29, 0.717) is 5.92 Å². The van der Waals surface area contributed by atoms with Gasteiger partial charge in [0.05, 0.1) is 4.90 Å². The lowest BCUT2D eigenvalue weighted by atomic mass is 10.0. The largest absolute Gasteiger partial charge is 0.415 e.